The van der Waals surface area contributed by atoms with Crippen LogP contribution in [0.4, 0.5) is 4.39 Å². The van der Waals surface area contributed by atoms with Gasteiger partial charge < -0.3 is 0 Å². The molecule has 0 amide bonds. The van der Waals surface area contributed by atoms with Crippen molar-refractivity contribution < 1.29 is 4.39 Å². The lowest BCUT2D eigenvalue weighted by molar-refractivity contribution is 0.628. The molecule has 1 aromatic heterocycles. The molecule has 3 aromatic rings. The standard InChI is InChI=1S/C22H20FNS/c1-15(2)22(18-7-5-4-6-8-18)24-16(3)20-13-14-21(25-20)17-9-11-19(23)12-10-17/h4-14H,1-3H3. The van der Waals surface area contributed by atoms with Crippen LogP contribution < -0.4 is 0 Å². The Morgan fingerprint density at radius 2 is 1.52 bits per heavy atom. The minimum atomic E-state index is -0.214. The molecule has 0 saturated carbocycles. The van der Waals surface area contributed by atoms with Gasteiger partial charge >= 0.3 is 0 Å². The van der Waals surface area contributed by atoms with Crippen LogP contribution in [0.1, 0.15) is 31.2 Å². The summed E-state index contributed by atoms with van der Waals surface area (Å²) in [7, 11) is 0. The third-order valence-electron chi connectivity index (χ3n) is 3.89. The van der Waals surface area contributed by atoms with Gasteiger partial charge in [0.2, 0.25) is 0 Å². The van der Waals surface area contributed by atoms with Crippen LogP contribution in [-0.4, -0.2) is 5.71 Å². The van der Waals surface area contributed by atoms with Gasteiger partial charge in [0.25, 0.3) is 0 Å². The molecule has 0 aliphatic rings. The number of allylic oxidation sites excluding steroid dienone is 1. The summed E-state index contributed by atoms with van der Waals surface area (Å²) >= 11 is 1.67. The second kappa shape index (κ2) is 7.58. The van der Waals surface area contributed by atoms with E-state index in [0.717, 1.165) is 32.3 Å². The highest BCUT2D eigenvalue weighted by molar-refractivity contribution is 7.17. The van der Waals surface area contributed by atoms with Crippen LogP contribution in [-0.2, 0) is 0 Å². The Bertz CT molecular complexity index is 914. The molecule has 0 radical (unpaired) electrons. The van der Waals surface area contributed by atoms with E-state index in [1.54, 1.807) is 11.3 Å². The molecule has 0 saturated heterocycles. The second-order valence-electron chi connectivity index (χ2n) is 6.08. The van der Waals surface area contributed by atoms with Crippen molar-refractivity contribution in [2.75, 3.05) is 0 Å². The molecular formula is C22H20FNS. The van der Waals surface area contributed by atoms with Gasteiger partial charge in [-0.3, -0.25) is 4.99 Å². The van der Waals surface area contributed by atoms with Crippen LogP contribution in [0, 0.1) is 5.82 Å². The Labute approximate surface area is 152 Å². The number of thiophene rings is 1. The molecule has 1 heterocycles. The van der Waals surface area contributed by atoms with Crippen molar-refractivity contribution in [1.82, 2.24) is 0 Å². The number of hydrogen-bond acceptors (Lipinski definition) is 2. The number of rotatable bonds is 4. The number of aliphatic imine (C=N–C) groups is 1. The molecule has 0 unspecified atom stereocenters. The Morgan fingerprint density at radius 3 is 2.16 bits per heavy atom. The second-order valence-corrected chi connectivity index (χ2v) is 7.17. The van der Waals surface area contributed by atoms with Crippen LogP contribution in [0.15, 0.2) is 77.3 Å². The van der Waals surface area contributed by atoms with Crippen molar-refractivity contribution in [3.8, 4) is 10.4 Å². The van der Waals surface area contributed by atoms with Crippen LogP contribution in [0.3, 0.4) is 0 Å². The first-order valence-corrected chi connectivity index (χ1v) is 9.00. The SMILES string of the molecule is CC(=NC(=C(C)C)c1ccccc1)c1ccc(-c2ccc(F)cc2)s1. The maximum atomic E-state index is 13.1. The third kappa shape index (κ3) is 4.12. The molecule has 2 aromatic carbocycles. The zero-order chi connectivity index (χ0) is 17.8. The minimum Gasteiger partial charge on any atom is -0.252 e. The van der Waals surface area contributed by atoms with Gasteiger partial charge in [-0.15, -0.1) is 11.3 Å². The molecule has 0 spiro atoms. The van der Waals surface area contributed by atoms with Crippen LogP contribution in [0.25, 0.3) is 16.1 Å². The average Bonchev–Trinajstić information content (AvgIpc) is 3.11. The van der Waals surface area contributed by atoms with E-state index < -0.39 is 0 Å². The summed E-state index contributed by atoms with van der Waals surface area (Å²) in [5.41, 5.74) is 5.32. The van der Waals surface area contributed by atoms with Crippen molar-refractivity contribution in [2.24, 2.45) is 4.99 Å². The van der Waals surface area contributed by atoms with E-state index in [1.165, 1.54) is 17.7 Å². The molecule has 0 aliphatic heterocycles. The monoisotopic (exact) mass is 349 g/mol. The summed E-state index contributed by atoms with van der Waals surface area (Å²) < 4.78 is 13.1. The lowest BCUT2D eigenvalue weighted by Gasteiger charge is -2.07. The maximum Gasteiger partial charge on any atom is 0.123 e. The van der Waals surface area contributed by atoms with Gasteiger partial charge in [-0.2, -0.15) is 0 Å². The largest absolute Gasteiger partial charge is 0.252 e. The molecule has 25 heavy (non-hydrogen) atoms. The fraction of sp³-hybridized carbons (Fsp3) is 0.136. The molecule has 0 bridgehead atoms. The highest BCUT2D eigenvalue weighted by Crippen LogP contribution is 2.30. The first kappa shape index (κ1) is 17.3. The highest BCUT2D eigenvalue weighted by Gasteiger charge is 2.08. The Kier molecular flexibility index (Phi) is 5.25. The van der Waals surface area contributed by atoms with Gasteiger partial charge in [0.15, 0.2) is 0 Å². The summed E-state index contributed by atoms with van der Waals surface area (Å²) in [6, 6.07) is 21.0. The van der Waals surface area contributed by atoms with E-state index in [2.05, 4.69) is 38.1 Å². The van der Waals surface area contributed by atoms with E-state index in [0.29, 0.717) is 0 Å². The van der Waals surface area contributed by atoms with E-state index in [1.807, 2.05) is 37.3 Å². The summed E-state index contributed by atoms with van der Waals surface area (Å²) in [4.78, 5) is 7.12. The predicted octanol–water partition coefficient (Wildman–Crippen LogP) is 6.81. The first-order chi connectivity index (χ1) is 12.0. The van der Waals surface area contributed by atoms with Gasteiger partial charge in [0.1, 0.15) is 5.82 Å². The smallest absolute Gasteiger partial charge is 0.123 e. The average molecular weight is 349 g/mol. The van der Waals surface area contributed by atoms with Crippen LogP contribution in [0.2, 0.25) is 0 Å². The van der Waals surface area contributed by atoms with E-state index >= 15 is 0 Å². The number of halogens is 1. The number of hydrogen-bond donors (Lipinski definition) is 0. The zero-order valence-electron chi connectivity index (χ0n) is 14.6. The summed E-state index contributed by atoms with van der Waals surface area (Å²) in [5.74, 6) is -0.214. The lowest BCUT2D eigenvalue weighted by Crippen LogP contribution is -1.93. The minimum absolute atomic E-state index is 0.214. The molecule has 3 rings (SSSR count). The van der Waals surface area contributed by atoms with Gasteiger partial charge in [-0.25, -0.2) is 4.39 Å². The summed E-state index contributed by atoms with van der Waals surface area (Å²) in [5, 5.41) is 0. The van der Waals surface area contributed by atoms with Gasteiger partial charge in [-0.05, 0) is 50.6 Å². The number of nitrogens with zero attached hydrogens (tertiary/aromatic N) is 1. The van der Waals surface area contributed by atoms with Crippen molar-refractivity contribution in [3.05, 3.63) is 88.6 Å². The normalized spacial score (nSPS) is 11.4. The quantitative estimate of drug-likeness (QED) is 0.459. The van der Waals surface area contributed by atoms with Gasteiger partial charge in [0, 0.05) is 15.3 Å². The molecule has 0 N–H and O–H groups in total. The molecule has 1 nitrogen and oxygen atoms in total. The fourth-order valence-electron chi connectivity index (χ4n) is 2.59. The van der Waals surface area contributed by atoms with Crippen molar-refractivity contribution in [1.29, 1.82) is 0 Å². The summed E-state index contributed by atoms with van der Waals surface area (Å²) in [6.45, 7) is 6.20. The molecular weight excluding hydrogens is 329 g/mol. The Hall–Kier alpha value is -2.52. The fourth-order valence-corrected chi connectivity index (χ4v) is 3.54. The van der Waals surface area contributed by atoms with Gasteiger partial charge in [-0.1, -0.05) is 48.0 Å². The molecule has 0 fully saturated rings. The third-order valence-corrected chi connectivity index (χ3v) is 5.13. The molecule has 126 valence electrons. The van der Waals surface area contributed by atoms with E-state index in [9.17, 15) is 4.39 Å². The van der Waals surface area contributed by atoms with Crippen molar-refractivity contribution in [3.63, 3.8) is 0 Å². The topological polar surface area (TPSA) is 12.4 Å². The molecule has 0 aliphatic carbocycles. The zero-order valence-corrected chi connectivity index (χ0v) is 15.4. The van der Waals surface area contributed by atoms with Crippen molar-refractivity contribution in [2.45, 2.75) is 20.8 Å². The Balaban J connectivity index is 1.92. The highest BCUT2D eigenvalue weighted by atomic mass is 32.1. The van der Waals surface area contributed by atoms with Crippen molar-refractivity contribution >= 4 is 22.7 Å². The first-order valence-electron chi connectivity index (χ1n) is 8.19. The van der Waals surface area contributed by atoms with Crippen LogP contribution in [0.5, 0.6) is 0 Å². The van der Waals surface area contributed by atoms with E-state index in [4.69, 9.17) is 4.99 Å². The summed E-state index contributed by atoms with van der Waals surface area (Å²) in [6.07, 6.45) is 0. The molecule has 0 atom stereocenters. The van der Waals surface area contributed by atoms with Crippen LogP contribution >= 0.6 is 11.3 Å². The maximum absolute atomic E-state index is 13.1. The van der Waals surface area contributed by atoms with E-state index in [-0.39, 0.29) is 5.82 Å². The molecule has 3 heteroatoms. The number of benzene rings is 2. The van der Waals surface area contributed by atoms with Gasteiger partial charge in [0.05, 0.1) is 11.4 Å². The Morgan fingerprint density at radius 1 is 0.840 bits per heavy atom. The lowest BCUT2D eigenvalue weighted by atomic mass is 10.1. The predicted molar refractivity (Wildman–Crippen MR) is 107 cm³/mol.